The van der Waals surface area contributed by atoms with Crippen LogP contribution in [-0.4, -0.2) is 24.2 Å². The van der Waals surface area contributed by atoms with Gasteiger partial charge in [0.05, 0.1) is 12.5 Å². The summed E-state index contributed by atoms with van der Waals surface area (Å²) in [7, 11) is 0. The molecule has 1 fully saturated rings. The minimum atomic E-state index is -0.784. The zero-order chi connectivity index (χ0) is 14.6. The maximum atomic E-state index is 10.8. The average Bonchev–Trinajstić information content (AvgIpc) is 3.15. The average molecular weight is 272 g/mol. The van der Waals surface area contributed by atoms with Crippen molar-refractivity contribution >= 4 is 11.7 Å². The molecule has 1 aromatic carbocycles. The van der Waals surface area contributed by atoms with E-state index in [0.29, 0.717) is 13.0 Å². The Labute approximate surface area is 119 Å². The van der Waals surface area contributed by atoms with Gasteiger partial charge < -0.3 is 10.0 Å². The summed E-state index contributed by atoms with van der Waals surface area (Å²) in [5.41, 5.74) is 2.30. The van der Waals surface area contributed by atoms with E-state index < -0.39 is 5.97 Å². The van der Waals surface area contributed by atoms with Crippen LogP contribution >= 0.6 is 0 Å². The molecule has 0 bridgehead atoms. The number of para-hydroxylation sites is 1. The number of aryl methyl sites for hydroxylation is 1. The molecular weight excluding hydrogens is 252 g/mol. The van der Waals surface area contributed by atoms with E-state index in [4.69, 9.17) is 10.4 Å². The normalized spacial score (nSPS) is 15.4. The van der Waals surface area contributed by atoms with Crippen molar-refractivity contribution in [2.45, 2.75) is 32.6 Å². The summed E-state index contributed by atoms with van der Waals surface area (Å²) in [6.45, 7) is 3.30. The van der Waals surface area contributed by atoms with Crippen LogP contribution in [0.25, 0.3) is 0 Å². The number of anilines is 1. The molecular formula is C16H20N2O2. The zero-order valence-electron chi connectivity index (χ0n) is 11.8. The van der Waals surface area contributed by atoms with Gasteiger partial charge in [-0.15, -0.1) is 0 Å². The summed E-state index contributed by atoms with van der Waals surface area (Å²) in [5, 5.41) is 17.9. The van der Waals surface area contributed by atoms with E-state index in [-0.39, 0.29) is 11.8 Å². The Hall–Kier alpha value is -2.02. The van der Waals surface area contributed by atoms with E-state index in [1.54, 1.807) is 0 Å². The molecule has 0 spiro atoms. The number of nitrogens with zero attached hydrogens (tertiary/aromatic N) is 2. The molecule has 2 rings (SSSR count). The maximum absolute atomic E-state index is 10.8. The Kier molecular flexibility index (Phi) is 4.29. The molecule has 1 aliphatic carbocycles. The van der Waals surface area contributed by atoms with E-state index in [1.807, 2.05) is 31.2 Å². The van der Waals surface area contributed by atoms with Gasteiger partial charge >= 0.3 is 5.97 Å². The van der Waals surface area contributed by atoms with Crippen molar-refractivity contribution < 1.29 is 9.90 Å². The Balaban J connectivity index is 2.15. The standard InChI is InChI=1S/C16H20N2O2/c1-13-4-2-3-5-14(13)18(11-6-15(19)20)12-16(7-8-16)9-10-17/h2-5H,6-9,11-12H2,1H3,(H,19,20). The van der Waals surface area contributed by atoms with Crippen LogP contribution in [0.1, 0.15) is 31.2 Å². The zero-order valence-corrected chi connectivity index (χ0v) is 11.8. The van der Waals surface area contributed by atoms with E-state index in [9.17, 15) is 4.79 Å². The third-order valence-corrected chi connectivity index (χ3v) is 3.99. The van der Waals surface area contributed by atoms with Crippen molar-refractivity contribution in [2.75, 3.05) is 18.0 Å². The summed E-state index contributed by atoms with van der Waals surface area (Å²) in [5.74, 6) is -0.784. The van der Waals surface area contributed by atoms with Crippen molar-refractivity contribution in [3.8, 4) is 6.07 Å². The lowest BCUT2D eigenvalue weighted by Crippen LogP contribution is -2.33. The molecule has 0 saturated heterocycles. The Morgan fingerprint density at radius 2 is 2.15 bits per heavy atom. The Morgan fingerprint density at radius 1 is 1.45 bits per heavy atom. The molecule has 4 heteroatoms. The predicted molar refractivity (Wildman–Crippen MR) is 77.5 cm³/mol. The number of hydrogen-bond acceptors (Lipinski definition) is 3. The van der Waals surface area contributed by atoms with Crippen LogP contribution in [0, 0.1) is 23.7 Å². The first-order valence-corrected chi connectivity index (χ1v) is 6.96. The Bertz CT molecular complexity index is 530. The van der Waals surface area contributed by atoms with Crippen LogP contribution in [0.4, 0.5) is 5.69 Å². The summed E-state index contributed by atoms with van der Waals surface area (Å²) < 4.78 is 0. The van der Waals surface area contributed by atoms with Crippen molar-refractivity contribution in [2.24, 2.45) is 5.41 Å². The van der Waals surface area contributed by atoms with Crippen molar-refractivity contribution in [1.82, 2.24) is 0 Å². The number of carboxylic acids is 1. The fourth-order valence-electron chi connectivity index (χ4n) is 2.57. The van der Waals surface area contributed by atoms with Gasteiger partial charge in [-0.05, 0) is 31.4 Å². The van der Waals surface area contributed by atoms with Gasteiger partial charge in [-0.1, -0.05) is 18.2 Å². The van der Waals surface area contributed by atoms with Gasteiger partial charge in [0, 0.05) is 30.6 Å². The second-order valence-electron chi connectivity index (χ2n) is 5.69. The third kappa shape index (κ3) is 3.51. The van der Waals surface area contributed by atoms with Crippen molar-refractivity contribution in [3.05, 3.63) is 29.8 Å². The molecule has 106 valence electrons. The van der Waals surface area contributed by atoms with E-state index >= 15 is 0 Å². The molecule has 1 saturated carbocycles. The van der Waals surface area contributed by atoms with Crippen LogP contribution in [0.3, 0.4) is 0 Å². The van der Waals surface area contributed by atoms with Crippen LogP contribution in [-0.2, 0) is 4.79 Å². The van der Waals surface area contributed by atoms with Gasteiger partial charge in [-0.2, -0.15) is 5.26 Å². The molecule has 1 aromatic rings. The van der Waals surface area contributed by atoms with E-state index in [0.717, 1.165) is 30.6 Å². The van der Waals surface area contributed by atoms with Gasteiger partial charge in [0.2, 0.25) is 0 Å². The summed E-state index contributed by atoms with van der Waals surface area (Å²) in [4.78, 5) is 13.0. The molecule has 0 aromatic heterocycles. The topological polar surface area (TPSA) is 64.3 Å². The number of aliphatic carboxylic acids is 1. The van der Waals surface area contributed by atoms with Crippen LogP contribution in [0.5, 0.6) is 0 Å². The Morgan fingerprint density at radius 3 is 2.70 bits per heavy atom. The second kappa shape index (κ2) is 5.96. The fourth-order valence-corrected chi connectivity index (χ4v) is 2.57. The molecule has 0 amide bonds. The number of nitriles is 1. The third-order valence-electron chi connectivity index (χ3n) is 3.99. The molecule has 1 aliphatic rings. The second-order valence-corrected chi connectivity index (χ2v) is 5.69. The highest BCUT2D eigenvalue weighted by Gasteiger charge is 2.43. The SMILES string of the molecule is Cc1ccccc1N(CCC(=O)O)CC1(CC#N)CC1. The number of carboxylic acid groups (broad SMARTS) is 1. The monoisotopic (exact) mass is 272 g/mol. The molecule has 20 heavy (non-hydrogen) atoms. The van der Waals surface area contributed by atoms with Gasteiger partial charge in [-0.25, -0.2) is 0 Å². The quantitative estimate of drug-likeness (QED) is 0.828. The molecule has 0 atom stereocenters. The lowest BCUT2D eigenvalue weighted by Gasteiger charge is -2.29. The fraction of sp³-hybridized carbons (Fsp3) is 0.500. The largest absolute Gasteiger partial charge is 0.481 e. The van der Waals surface area contributed by atoms with Crippen molar-refractivity contribution in [3.63, 3.8) is 0 Å². The van der Waals surface area contributed by atoms with Crippen LogP contribution in [0.15, 0.2) is 24.3 Å². The number of hydrogen-bond donors (Lipinski definition) is 1. The number of benzene rings is 1. The van der Waals surface area contributed by atoms with Crippen LogP contribution < -0.4 is 4.90 Å². The molecule has 0 unspecified atom stereocenters. The highest BCUT2D eigenvalue weighted by molar-refractivity contribution is 5.68. The van der Waals surface area contributed by atoms with E-state index in [2.05, 4.69) is 11.0 Å². The highest BCUT2D eigenvalue weighted by atomic mass is 16.4. The molecule has 0 radical (unpaired) electrons. The number of carbonyl (C=O) groups is 1. The lowest BCUT2D eigenvalue weighted by atomic mass is 10.0. The first-order valence-electron chi connectivity index (χ1n) is 6.96. The maximum Gasteiger partial charge on any atom is 0.305 e. The van der Waals surface area contributed by atoms with Crippen LogP contribution in [0.2, 0.25) is 0 Å². The van der Waals surface area contributed by atoms with Gasteiger partial charge in [0.1, 0.15) is 0 Å². The molecule has 0 heterocycles. The minimum absolute atomic E-state index is 0.0789. The highest BCUT2D eigenvalue weighted by Crippen LogP contribution is 2.49. The summed E-state index contributed by atoms with van der Waals surface area (Å²) in [6.07, 6.45) is 2.81. The number of rotatable bonds is 7. The summed E-state index contributed by atoms with van der Waals surface area (Å²) >= 11 is 0. The molecule has 1 N–H and O–H groups in total. The lowest BCUT2D eigenvalue weighted by molar-refractivity contribution is -0.136. The smallest absolute Gasteiger partial charge is 0.305 e. The van der Waals surface area contributed by atoms with Gasteiger partial charge in [0.15, 0.2) is 0 Å². The molecule has 4 nitrogen and oxygen atoms in total. The first-order chi connectivity index (χ1) is 9.56. The summed E-state index contributed by atoms with van der Waals surface area (Å²) in [6, 6.07) is 10.3. The minimum Gasteiger partial charge on any atom is -0.481 e. The predicted octanol–water partition coefficient (Wildman–Crippen LogP) is 2.97. The molecule has 0 aliphatic heterocycles. The first kappa shape index (κ1) is 14.4. The van der Waals surface area contributed by atoms with Crippen molar-refractivity contribution in [1.29, 1.82) is 5.26 Å². The van der Waals surface area contributed by atoms with Gasteiger partial charge in [0.25, 0.3) is 0 Å². The van der Waals surface area contributed by atoms with E-state index in [1.165, 1.54) is 0 Å². The van der Waals surface area contributed by atoms with Gasteiger partial charge in [-0.3, -0.25) is 4.79 Å².